The van der Waals surface area contributed by atoms with Crippen molar-refractivity contribution in [2.24, 2.45) is 0 Å². The molecule has 0 saturated heterocycles. The number of aryl methyl sites for hydroxylation is 2. The topological polar surface area (TPSA) is 66.5 Å². The van der Waals surface area contributed by atoms with Gasteiger partial charge in [-0.2, -0.15) is 0 Å². The minimum Gasteiger partial charge on any atom is -0.345 e. The van der Waals surface area contributed by atoms with Crippen molar-refractivity contribution in [3.05, 3.63) is 131 Å². The summed E-state index contributed by atoms with van der Waals surface area (Å²) in [6, 6.07) is 31.1. The van der Waals surface area contributed by atoms with Crippen molar-refractivity contribution in [1.29, 1.82) is 0 Å². The van der Waals surface area contributed by atoms with Crippen LogP contribution in [-0.2, 0) is 29.4 Å². The van der Waals surface area contributed by atoms with Crippen molar-refractivity contribution in [3.63, 3.8) is 0 Å². The van der Waals surface area contributed by atoms with Crippen molar-refractivity contribution in [2.45, 2.75) is 56.5 Å². The quantitative estimate of drug-likeness (QED) is 0.254. The maximum absolute atomic E-state index is 13.9. The van der Waals surface area contributed by atoms with Gasteiger partial charge in [-0.15, -0.1) is 0 Å². The first kappa shape index (κ1) is 26.7. The molecule has 1 N–H and O–H groups in total. The van der Waals surface area contributed by atoms with E-state index in [0.29, 0.717) is 11.3 Å². The smallest absolute Gasteiger partial charge is 0.264 e. The molecule has 0 heterocycles. The highest BCUT2D eigenvalue weighted by molar-refractivity contribution is 7.92. The monoisotopic (exact) mass is 538 g/mol. The Morgan fingerprint density at radius 3 is 2.18 bits per heavy atom. The lowest BCUT2D eigenvalue weighted by Crippen LogP contribution is -2.34. The minimum atomic E-state index is -3.95. The number of rotatable bonds is 9. The van der Waals surface area contributed by atoms with Crippen LogP contribution in [0.1, 0.15) is 64.8 Å². The molecule has 0 radical (unpaired) electrons. The highest BCUT2D eigenvalue weighted by Crippen LogP contribution is 2.31. The molecule has 0 aliphatic heterocycles. The van der Waals surface area contributed by atoms with E-state index >= 15 is 0 Å². The average Bonchev–Trinajstić information content (AvgIpc) is 2.99. The number of carbonyl (C=O) groups excluding carboxylic acids is 1. The second kappa shape index (κ2) is 11.9. The van der Waals surface area contributed by atoms with E-state index in [4.69, 9.17) is 0 Å². The number of amides is 1. The lowest BCUT2D eigenvalue weighted by molar-refractivity contribution is 0.0936. The van der Waals surface area contributed by atoms with Crippen LogP contribution in [0.15, 0.2) is 108 Å². The Morgan fingerprint density at radius 1 is 0.821 bits per heavy atom. The molecule has 1 amide bonds. The summed E-state index contributed by atoms with van der Waals surface area (Å²) >= 11 is 0. The molecule has 0 saturated carbocycles. The molecule has 0 fully saturated rings. The molecule has 5 nitrogen and oxygen atoms in total. The molecule has 39 heavy (non-hydrogen) atoms. The fraction of sp³-hybridized carbons (Fsp3) is 0.242. The van der Waals surface area contributed by atoms with Crippen LogP contribution in [0.4, 0.5) is 5.69 Å². The van der Waals surface area contributed by atoms with Crippen molar-refractivity contribution in [1.82, 2.24) is 5.32 Å². The molecule has 200 valence electrons. The normalized spacial score (nSPS) is 13.8. The third-order valence-electron chi connectivity index (χ3n) is 7.41. The Hall–Kier alpha value is -3.90. The average molecular weight is 539 g/mol. The fourth-order valence-electron chi connectivity index (χ4n) is 5.28. The van der Waals surface area contributed by atoms with Crippen LogP contribution < -0.4 is 9.62 Å². The summed E-state index contributed by atoms with van der Waals surface area (Å²) in [4.78, 5) is 14.0. The summed E-state index contributed by atoms with van der Waals surface area (Å²) in [5.41, 5.74) is 5.36. The zero-order valence-electron chi connectivity index (χ0n) is 22.2. The summed E-state index contributed by atoms with van der Waals surface area (Å²) in [7, 11) is -3.95. The lowest BCUT2D eigenvalue weighted by atomic mass is 9.88. The first-order valence-corrected chi connectivity index (χ1v) is 15.0. The van der Waals surface area contributed by atoms with Crippen LogP contribution in [0.25, 0.3) is 0 Å². The fourth-order valence-corrected chi connectivity index (χ4v) is 6.77. The van der Waals surface area contributed by atoms with E-state index in [2.05, 4.69) is 30.4 Å². The molecular formula is C33H34N2O3S. The van der Waals surface area contributed by atoms with Gasteiger partial charge in [0.05, 0.1) is 28.7 Å². The number of hydrogen-bond acceptors (Lipinski definition) is 3. The first-order chi connectivity index (χ1) is 19.0. The molecule has 1 aliphatic rings. The van der Waals surface area contributed by atoms with Gasteiger partial charge in [0.25, 0.3) is 15.9 Å². The summed E-state index contributed by atoms with van der Waals surface area (Å²) < 4.78 is 29.2. The Balaban J connectivity index is 1.50. The molecule has 0 aromatic heterocycles. The largest absolute Gasteiger partial charge is 0.345 e. The Bertz CT molecular complexity index is 1540. The summed E-state index contributed by atoms with van der Waals surface area (Å²) in [6.45, 7) is 2.16. The van der Waals surface area contributed by atoms with Gasteiger partial charge in [-0.05, 0) is 78.6 Å². The van der Waals surface area contributed by atoms with Crippen LogP contribution >= 0.6 is 0 Å². The Labute approximate surface area is 231 Å². The Kier molecular flexibility index (Phi) is 8.13. The van der Waals surface area contributed by atoms with Gasteiger partial charge in [0.1, 0.15) is 0 Å². The van der Waals surface area contributed by atoms with Gasteiger partial charge < -0.3 is 5.32 Å². The second-order valence-corrected chi connectivity index (χ2v) is 11.9. The number of nitrogens with one attached hydrogen (secondary N) is 1. The maximum Gasteiger partial charge on any atom is 0.264 e. The van der Waals surface area contributed by atoms with E-state index in [1.807, 2.05) is 30.3 Å². The summed E-state index contributed by atoms with van der Waals surface area (Å²) in [6.07, 6.45) is 5.33. The second-order valence-electron chi connectivity index (χ2n) is 10.00. The molecule has 5 rings (SSSR count). The maximum atomic E-state index is 13.9. The number of para-hydroxylation sites is 1. The predicted octanol–water partition coefficient (Wildman–Crippen LogP) is 6.84. The summed E-state index contributed by atoms with van der Waals surface area (Å²) in [5.74, 6) is -0.295. The molecule has 1 atom stereocenters. The van der Waals surface area contributed by atoms with Gasteiger partial charge in [0, 0.05) is 0 Å². The Morgan fingerprint density at radius 2 is 1.46 bits per heavy atom. The minimum absolute atomic E-state index is 0.102. The van der Waals surface area contributed by atoms with E-state index in [1.165, 1.54) is 28.3 Å². The summed E-state index contributed by atoms with van der Waals surface area (Å²) in [5, 5.41) is 3.20. The first-order valence-electron chi connectivity index (χ1n) is 13.6. The SMILES string of the molecule is CCC(NC(=O)c1ccccc1N(Cc1ccccc1)S(=O)(=O)c1ccccc1)c1ccc2c(c1)CCCC2. The number of anilines is 1. The van der Waals surface area contributed by atoms with Gasteiger partial charge in [0.15, 0.2) is 0 Å². The predicted molar refractivity (Wildman–Crippen MR) is 156 cm³/mol. The number of hydrogen-bond donors (Lipinski definition) is 1. The van der Waals surface area contributed by atoms with E-state index < -0.39 is 10.0 Å². The molecule has 1 aliphatic carbocycles. The van der Waals surface area contributed by atoms with Crippen molar-refractivity contribution in [2.75, 3.05) is 4.31 Å². The number of nitrogens with zero attached hydrogens (tertiary/aromatic N) is 1. The van der Waals surface area contributed by atoms with Crippen LogP contribution in [-0.4, -0.2) is 14.3 Å². The van der Waals surface area contributed by atoms with Gasteiger partial charge in [-0.3, -0.25) is 9.10 Å². The van der Waals surface area contributed by atoms with Crippen LogP contribution in [0.2, 0.25) is 0 Å². The van der Waals surface area contributed by atoms with Gasteiger partial charge in [-0.1, -0.05) is 85.8 Å². The van der Waals surface area contributed by atoms with Crippen molar-refractivity contribution >= 4 is 21.6 Å². The lowest BCUT2D eigenvalue weighted by Gasteiger charge is -2.27. The van der Waals surface area contributed by atoms with Gasteiger partial charge in [-0.25, -0.2) is 8.42 Å². The zero-order chi connectivity index (χ0) is 27.2. The molecule has 0 bridgehead atoms. The third-order valence-corrected chi connectivity index (χ3v) is 9.18. The van der Waals surface area contributed by atoms with Crippen LogP contribution in [0.5, 0.6) is 0 Å². The number of fused-ring (bicyclic) bond motifs is 1. The molecule has 4 aromatic carbocycles. The molecule has 4 aromatic rings. The highest BCUT2D eigenvalue weighted by atomic mass is 32.2. The van der Waals surface area contributed by atoms with Crippen LogP contribution in [0.3, 0.4) is 0 Å². The van der Waals surface area contributed by atoms with Crippen LogP contribution in [0, 0.1) is 0 Å². The number of benzene rings is 4. The number of carbonyl (C=O) groups is 1. The molecule has 0 spiro atoms. The highest BCUT2D eigenvalue weighted by Gasteiger charge is 2.29. The van der Waals surface area contributed by atoms with Gasteiger partial charge >= 0.3 is 0 Å². The zero-order valence-corrected chi connectivity index (χ0v) is 23.0. The van der Waals surface area contributed by atoms with Gasteiger partial charge in [0.2, 0.25) is 0 Å². The van der Waals surface area contributed by atoms with Crippen molar-refractivity contribution < 1.29 is 13.2 Å². The van der Waals surface area contributed by atoms with E-state index in [9.17, 15) is 13.2 Å². The third kappa shape index (κ3) is 5.91. The molecule has 1 unspecified atom stereocenters. The molecule has 6 heteroatoms. The number of sulfonamides is 1. The van der Waals surface area contributed by atoms with Crippen molar-refractivity contribution in [3.8, 4) is 0 Å². The van der Waals surface area contributed by atoms with E-state index in [1.54, 1.807) is 54.6 Å². The van der Waals surface area contributed by atoms with E-state index in [-0.39, 0.29) is 23.4 Å². The van der Waals surface area contributed by atoms with E-state index in [0.717, 1.165) is 30.4 Å². The molecular weight excluding hydrogens is 504 g/mol. The standard InChI is InChI=1S/C33H34N2O3S/c1-2-31(28-22-21-26-15-9-10-16-27(26)23-28)34-33(36)30-19-11-12-20-32(30)35(24-25-13-5-3-6-14-25)39(37,38)29-17-7-4-8-18-29/h3-8,11-14,17-23,31H,2,9-10,15-16,24H2,1H3,(H,34,36).